The first-order valence-electron chi connectivity index (χ1n) is 16.0. The molecule has 3 N–H and O–H groups in total. The van der Waals surface area contributed by atoms with E-state index in [0.29, 0.717) is 38.1 Å². The van der Waals surface area contributed by atoms with Crippen molar-refractivity contribution in [3.05, 3.63) is 108 Å². The highest BCUT2D eigenvalue weighted by atomic mass is 16.5. The van der Waals surface area contributed by atoms with Crippen LogP contribution in [0.4, 0.5) is 4.79 Å². The minimum Gasteiger partial charge on any atom is -0.384 e. The molecular formula is C35H46N6O4. The maximum absolute atomic E-state index is 12.2. The van der Waals surface area contributed by atoms with Gasteiger partial charge in [0.05, 0.1) is 18.9 Å². The number of ether oxygens (including phenoxy) is 2. The monoisotopic (exact) mass is 614 g/mol. The summed E-state index contributed by atoms with van der Waals surface area (Å²) >= 11 is 0. The smallest absolute Gasteiger partial charge is 0.324 e. The van der Waals surface area contributed by atoms with Crippen LogP contribution in [-0.2, 0) is 35.8 Å². The van der Waals surface area contributed by atoms with E-state index in [4.69, 9.17) is 15.2 Å². The van der Waals surface area contributed by atoms with Crippen LogP contribution in [0.1, 0.15) is 74.2 Å². The lowest BCUT2D eigenvalue weighted by Gasteiger charge is -2.40. The first-order valence-corrected chi connectivity index (χ1v) is 16.0. The third-order valence-corrected chi connectivity index (χ3v) is 8.76. The van der Waals surface area contributed by atoms with Gasteiger partial charge >= 0.3 is 6.03 Å². The van der Waals surface area contributed by atoms with Crippen molar-refractivity contribution < 1.29 is 19.4 Å². The summed E-state index contributed by atoms with van der Waals surface area (Å²) in [4.78, 5) is 23.0. The van der Waals surface area contributed by atoms with Crippen molar-refractivity contribution in [2.75, 3.05) is 6.73 Å². The number of benzene rings is 2. The van der Waals surface area contributed by atoms with Gasteiger partial charge in [-0.3, -0.25) is 9.47 Å². The van der Waals surface area contributed by atoms with E-state index in [1.807, 2.05) is 71.4 Å². The van der Waals surface area contributed by atoms with Crippen LogP contribution in [0.15, 0.2) is 85.6 Å². The quantitative estimate of drug-likeness (QED) is 0.156. The Morgan fingerprint density at radius 3 is 2.31 bits per heavy atom. The lowest BCUT2D eigenvalue weighted by atomic mass is 9.83. The number of hydrogen-bond acceptors (Lipinski definition) is 7. The molecule has 2 heterocycles. The number of amides is 1. The van der Waals surface area contributed by atoms with Gasteiger partial charge in [0.2, 0.25) is 0 Å². The predicted octanol–water partition coefficient (Wildman–Crippen LogP) is 5.66. The van der Waals surface area contributed by atoms with Gasteiger partial charge in [0.1, 0.15) is 31.7 Å². The van der Waals surface area contributed by atoms with Crippen LogP contribution in [0.3, 0.4) is 0 Å². The molecule has 1 aliphatic rings. The molecule has 0 radical (unpaired) electrons. The van der Waals surface area contributed by atoms with Gasteiger partial charge in [-0.25, -0.2) is 14.8 Å². The van der Waals surface area contributed by atoms with E-state index in [9.17, 15) is 9.90 Å². The first kappa shape index (κ1) is 32.6. The zero-order chi connectivity index (χ0) is 31.4. The molecule has 1 fully saturated rings. The van der Waals surface area contributed by atoms with Crippen molar-refractivity contribution in [3.8, 4) is 0 Å². The molecule has 4 aromatic rings. The van der Waals surface area contributed by atoms with Crippen molar-refractivity contribution in [2.45, 2.75) is 90.0 Å². The van der Waals surface area contributed by atoms with Gasteiger partial charge in [0.25, 0.3) is 0 Å². The summed E-state index contributed by atoms with van der Waals surface area (Å²) in [6.07, 6.45) is 13.2. The lowest BCUT2D eigenvalue weighted by Crippen LogP contribution is -2.48. The zero-order valence-electron chi connectivity index (χ0n) is 26.2. The van der Waals surface area contributed by atoms with Crippen molar-refractivity contribution >= 4 is 6.03 Å². The number of hydrogen-bond donors (Lipinski definition) is 2. The summed E-state index contributed by atoms with van der Waals surface area (Å²) in [5.41, 5.74) is 8.39. The second-order valence-electron chi connectivity index (χ2n) is 12.1. The fourth-order valence-corrected chi connectivity index (χ4v) is 6.32. The molecule has 1 aliphatic carbocycles. The van der Waals surface area contributed by atoms with E-state index in [1.165, 1.54) is 30.2 Å². The van der Waals surface area contributed by atoms with Gasteiger partial charge in [0.15, 0.2) is 0 Å². The molecule has 1 unspecified atom stereocenters. The van der Waals surface area contributed by atoms with Crippen molar-refractivity contribution in [1.29, 1.82) is 0 Å². The largest absolute Gasteiger partial charge is 0.384 e. The standard InChI is InChI=1S/C35H46N6O4/c1-27(19-31-21-40(24-38-31)35(36)43)41(26-45-23-30-15-9-4-10-16-30)32(20-28-11-5-2-6-12-28)33(42)34-37-17-18-39(34)25-44-22-29-13-7-3-8-14-29/h3-4,7-10,13-18,21,24,27-28,32-33,42H,2,5-6,11-12,19-20,22-23,25-26H2,1H3,(H2,36,43)/t27?,32-,33+/m0/s1. The Labute approximate surface area is 265 Å². The highest BCUT2D eigenvalue weighted by Crippen LogP contribution is 2.34. The van der Waals surface area contributed by atoms with Crippen LogP contribution < -0.4 is 5.73 Å². The van der Waals surface area contributed by atoms with Crippen LogP contribution >= 0.6 is 0 Å². The summed E-state index contributed by atoms with van der Waals surface area (Å²) < 4.78 is 15.5. The van der Waals surface area contributed by atoms with Gasteiger partial charge in [-0.2, -0.15) is 0 Å². The molecule has 0 spiro atoms. The molecule has 0 aliphatic heterocycles. The van der Waals surface area contributed by atoms with Crippen molar-refractivity contribution in [3.63, 3.8) is 0 Å². The number of aliphatic hydroxyl groups is 1. The fraction of sp³-hybridized carbons (Fsp3) is 0.457. The molecule has 0 bridgehead atoms. The normalized spacial score (nSPS) is 16.1. The van der Waals surface area contributed by atoms with Crippen LogP contribution in [0.25, 0.3) is 0 Å². The third kappa shape index (κ3) is 9.34. The molecule has 240 valence electrons. The Morgan fingerprint density at radius 1 is 1.00 bits per heavy atom. The molecule has 5 rings (SSSR count). The molecule has 10 nitrogen and oxygen atoms in total. The average Bonchev–Trinajstić information content (AvgIpc) is 3.74. The summed E-state index contributed by atoms with van der Waals surface area (Å²) in [5, 5.41) is 12.2. The van der Waals surface area contributed by atoms with E-state index < -0.39 is 12.1 Å². The molecule has 2 aromatic carbocycles. The van der Waals surface area contributed by atoms with Crippen molar-refractivity contribution in [2.24, 2.45) is 11.7 Å². The number of nitrogens with zero attached hydrogens (tertiary/aromatic N) is 5. The summed E-state index contributed by atoms with van der Waals surface area (Å²) in [6.45, 7) is 3.63. The lowest BCUT2D eigenvalue weighted by molar-refractivity contribution is -0.0715. The average molecular weight is 615 g/mol. The van der Waals surface area contributed by atoms with Crippen molar-refractivity contribution in [1.82, 2.24) is 24.0 Å². The van der Waals surface area contributed by atoms with E-state index in [0.717, 1.165) is 36.1 Å². The second kappa shape index (κ2) is 16.5. The maximum atomic E-state index is 12.2. The Kier molecular flexibility index (Phi) is 11.9. The van der Waals surface area contributed by atoms with Crippen LogP contribution in [0.2, 0.25) is 0 Å². The number of carbonyl (C=O) groups is 1. The van der Waals surface area contributed by atoms with E-state index in [1.54, 1.807) is 12.4 Å². The Morgan fingerprint density at radius 2 is 1.67 bits per heavy atom. The number of aromatic nitrogens is 4. The number of imidazole rings is 2. The Hall–Kier alpha value is -3.83. The van der Waals surface area contributed by atoms with Crippen LogP contribution in [-0.4, -0.2) is 54.0 Å². The van der Waals surface area contributed by atoms with Gasteiger partial charge in [-0.15, -0.1) is 0 Å². The molecule has 1 amide bonds. The van der Waals surface area contributed by atoms with Gasteiger partial charge in [-0.1, -0.05) is 92.8 Å². The SMILES string of the molecule is CC(Cc1cn(C(N)=O)cn1)N(COCc1ccccc1)[C@@H](CC1CCCCC1)[C@@H](O)c1nccn1COCc1ccccc1. The van der Waals surface area contributed by atoms with Gasteiger partial charge < -0.3 is 24.9 Å². The Balaban J connectivity index is 1.38. The molecular weight excluding hydrogens is 568 g/mol. The molecule has 2 aromatic heterocycles. The van der Waals surface area contributed by atoms with Gasteiger partial charge in [0, 0.05) is 37.1 Å². The minimum atomic E-state index is -0.881. The maximum Gasteiger partial charge on any atom is 0.324 e. The minimum absolute atomic E-state index is 0.0713. The molecule has 45 heavy (non-hydrogen) atoms. The van der Waals surface area contributed by atoms with E-state index >= 15 is 0 Å². The molecule has 3 atom stereocenters. The molecule has 1 saturated carbocycles. The summed E-state index contributed by atoms with van der Waals surface area (Å²) in [6, 6.07) is 19.2. The highest BCUT2D eigenvalue weighted by molar-refractivity contribution is 5.74. The first-order chi connectivity index (χ1) is 22.0. The zero-order valence-corrected chi connectivity index (χ0v) is 26.2. The Bertz CT molecular complexity index is 1440. The summed E-state index contributed by atoms with van der Waals surface area (Å²) in [7, 11) is 0. The topological polar surface area (TPSA) is 121 Å². The van der Waals surface area contributed by atoms with Crippen LogP contribution in [0.5, 0.6) is 0 Å². The number of rotatable bonds is 16. The number of aliphatic hydroxyl groups excluding tert-OH is 1. The number of nitrogens with two attached hydrogens (primary N) is 1. The predicted molar refractivity (Wildman–Crippen MR) is 172 cm³/mol. The number of primary amides is 1. The fourth-order valence-electron chi connectivity index (χ4n) is 6.32. The van der Waals surface area contributed by atoms with Crippen LogP contribution in [0, 0.1) is 5.92 Å². The highest BCUT2D eigenvalue weighted by Gasteiger charge is 2.35. The molecule has 0 saturated heterocycles. The second-order valence-corrected chi connectivity index (χ2v) is 12.1. The van der Waals surface area contributed by atoms with E-state index in [2.05, 4.69) is 21.8 Å². The van der Waals surface area contributed by atoms with Gasteiger partial charge in [-0.05, 0) is 30.4 Å². The number of carbonyl (C=O) groups excluding carboxylic acids is 1. The third-order valence-electron chi connectivity index (χ3n) is 8.76. The molecule has 10 heteroatoms. The van der Waals surface area contributed by atoms with E-state index in [-0.39, 0.29) is 18.8 Å². The summed E-state index contributed by atoms with van der Waals surface area (Å²) in [5.74, 6) is 1.07.